The Hall–Kier alpha value is -0.943. The molecule has 0 aliphatic carbocycles. The van der Waals surface area contributed by atoms with E-state index in [0.717, 1.165) is 18.0 Å². The van der Waals surface area contributed by atoms with Crippen molar-refractivity contribution in [3.8, 4) is 0 Å². The summed E-state index contributed by atoms with van der Waals surface area (Å²) in [5.74, 6) is 0. The minimum atomic E-state index is -2.35. The van der Waals surface area contributed by atoms with E-state index < -0.39 is 8.56 Å². The minimum absolute atomic E-state index is 0.628. The zero-order chi connectivity index (χ0) is 15.6. The largest absolute Gasteiger partial charge is 0.391 e. The molecule has 0 saturated carbocycles. The van der Waals surface area contributed by atoms with Gasteiger partial charge in [0.1, 0.15) is 0 Å². The van der Waals surface area contributed by atoms with E-state index in [0.29, 0.717) is 26.4 Å². The molecule has 1 aromatic carbocycles. The van der Waals surface area contributed by atoms with E-state index in [2.05, 4.69) is 18.7 Å². The highest BCUT2D eigenvalue weighted by Gasteiger charge is 2.38. The van der Waals surface area contributed by atoms with Crippen molar-refractivity contribution in [2.75, 3.05) is 26.4 Å². The molecular weight excluding hydrogens is 280 g/mol. The van der Waals surface area contributed by atoms with Crippen LogP contribution in [-0.2, 0) is 13.6 Å². The van der Waals surface area contributed by atoms with Gasteiger partial charge in [-0.1, -0.05) is 42.5 Å². The Morgan fingerprint density at radius 3 is 2.24 bits per heavy atom. The van der Waals surface area contributed by atoms with Gasteiger partial charge in [-0.05, 0) is 38.4 Å². The van der Waals surface area contributed by atoms with Gasteiger partial charge in [-0.15, -0.1) is 0 Å². The standard InChI is InChI=1S/C17H28O3Si/c1-5-19-21(20-6-2,17-11-8-7-9-12-17)14-10-13-18-15-16(3)4/h7-9,11-12H,3,5-6,10,13-15H2,1-2,4H3. The zero-order valence-electron chi connectivity index (χ0n) is 13.6. The summed E-state index contributed by atoms with van der Waals surface area (Å²) in [5.41, 5.74) is 1.05. The average molecular weight is 308 g/mol. The second-order valence-electron chi connectivity index (χ2n) is 5.10. The van der Waals surface area contributed by atoms with Crippen molar-refractivity contribution in [1.29, 1.82) is 0 Å². The minimum Gasteiger partial charge on any atom is -0.391 e. The van der Waals surface area contributed by atoms with Crippen LogP contribution in [0.4, 0.5) is 0 Å². The van der Waals surface area contributed by atoms with Gasteiger partial charge < -0.3 is 13.6 Å². The number of ether oxygens (including phenoxy) is 1. The molecule has 0 aromatic heterocycles. The second kappa shape index (κ2) is 9.90. The SMILES string of the molecule is C=C(C)COCCC[Si](OCC)(OCC)c1ccccc1. The fourth-order valence-corrected chi connectivity index (χ4v) is 5.55. The Bertz CT molecular complexity index is 400. The van der Waals surface area contributed by atoms with Crippen molar-refractivity contribution in [3.05, 3.63) is 42.5 Å². The molecule has 118 valence electrons. The summed E-state index contributed by atoms with van der Waals surface area (Å²) in [4.78, 5) is 0. The number of hydrogen-bond donors (Lipinski definition) is 0. The van der Waals surface area contributed by atoms with E-state index in [4.69, 9.17) is 13.6 Å². The number of benzene rings is 1. The lowest BCUT2D eigenvalue weighted by Gasteiger charge is -2.30. The predicted molar refractivity (Wildman–Crippen MR) is 90.1 cm³/mol. The van der Waals surface area contributed by atoms with Crippen LogP contribution in [0.3, 0.4) is 0 Å². The maximum Gasteiger partial charge on any atom is 0.372 e. The highest BCUT2D eigenvalue weighted by Crippen LogP contribution is 2.17. The summed E-state index contributed by atoms with van der Waals surface area (Å²) in [5, 5.41) is 1.20. The molecule has 0 fully saturated rings. The van der Waals surface area contributed by atoms with Crippen molar-refractivity contribution < 1.29 is 13.6 Å². The number of rotatable bonds is 11. The fraction of sp³-hybridized carbons (Fsp3) is 0.529. The molecule has 0 spiro atoms. The molecule has 0 unspecified atom stereocenters. The summed E-state index contributed by atoms with van der Waals surface area (Å²) in [6.07, 6.45) is 0.939. The second-order valence-corrected chi connectivity index (χ2v) is 8.26. The molecule has 1 rings (SSSR count). The van der Waals surface area contributed by atoms with Gasteiger partial charge in [0.15, 0.2) is 0 Å². The first kappa shape index (κ1) is 18.1. The third kappa shape index (κ3) is 6.14. The third-order valence-corrected chi connectivity index (χ3v) is 6.85. The van der Waals surface area contributed by atoms with Crippen LogP contribution in [0.5, 0.6) is 0 Å². The fourth-order valence-electron chi connectivity index (χ4n) is 2.31. The molecule has 0 aliphatic rings. The summed E-state index contributed by atoms with van der Waals surface area (Å²) >= 11 is 0. The zero-order valence-corrected chi connectivity index (χ0v) is 14.6. The van der Waals surface area contributed by atoms with Gasteiger partial charge in [0, 0.05) is 19.8 Å². The quantitative estimate of drug-likeness (QED) is 0.356. The lowest BCUT2D eigenvalue weighted by Crippen LogP contribution is -2.54. The molecule has 0 N–H and O–H groups in total. The lowest BCUT2D eigenvalue weighted by atomic mass is 10.4. The van der Waals surface area contributed by atoms with Crippen LogP contribution in [0, 0.1) is 0 Å². The van der Waals surface area contributed by atoms with Crippen LogP contribution < -0.4 is 5.19 Å². The first-order valence-corrected chi connectivity index (χ1v) is 9.72. The van der Waals surface area contributed by atoms with E-state index in [1.807, 2.05) is 39.0 Å². The van der Waals surface area contributed by atoms with Crippen LogP contribution in [-0.4, -0.2) is 35.0 Å². The summed E-state index contributed by atoms with van der Waals surface area (Å²) in [6.45, 7) is 12.6. The molecule has 0 saturated heterocycles. The van der Waals surface area contributed by atoms with Crippen molar-refractivity contribution in [3.63, 3.8) is 0 Å². The van der Waals surface area contributed by atoms with E-state index >= 15 is 0 Å². The van der Waals surface area contributed by atoms with E-state index in [1.165, 1.54) is 5.19 Å². The van der Waals surface area contributed by atoms with Crippen LogP contribution in [0.25, 0.3) is 0 Å². The van der Waals surface area contributed by atoms with Gasteiger partial charge in [-0.3, -0.25) is 0 Å². The average Bonchev–Trinajstić information content (AvgIpc) is 2.48. The maximum absolute atomic E-state index is 6.13. The summed E-state index contributed by atoms with van der Waals surface area (Å²) in [6, 6.07) is 11.3. The summed E-state index contributed by atoms with van der Waals surface area (Å²) < 4.78 is 17.8. The van der Waals surface area contributed by atoms with Crippen LogP contribution in [0.1, 0.15) is 27.2 Å². The Labute approximate surface area is 130 Å². The lowest BCUT2D eigenvalue weighted by molar-refractivity contribution is 0.149. The Morgan fingerprint density at radius 2 is 1.71 bits per heavy atom. The van der Waals surface area contributed by atoms with Gasteiger partial charge in [-0.25, -0.2) is 0 Å². The molecule has 3 nitrogen and oxygen atoms in total. The third-order valence-electron chi connectivity index (χ3n) is 3.11. The Balaban J connectivity index is 2.69. The van der Waals surface area contributed by atoms with Gasteiger partial charge in [0.2, 0.25) is 0 Å². The molecule has 4 heteroatoms. The Morgan fingerprint density at radius 1 is 1.10 bits per heavy atom. The van der Waals surface area contributed by atoms with Crippen molar-refractivity contribution >= 4 is 13.7 Å². The van der Waals surface area contributed by atoms with Crippen molar-refractivity contribution in [2.45, 2.75) is 33.2 Å². The number of hydrogen-bond acceptors (Lipinski definition) is 3. The van der Waals surface area contributed by atoms with Crippen molar-refractivity contribution in [1.82, 2.24) is 0 Å². The van der Waals surface area contributed by atoms with Crippen LogP contribution >= 0.6 is 0 Å². The highest BCUT2D eigenvalue weighted by molar-refractivity contribution is 6.81. The monoisotopic (exact) mass is 308 g/mol. The molecule has 0 atom stereocenters. The van der Waals surface area contributed by atoms with E-state index in [9.17, 15) is 0 Å². The van der Waals surface area contributed by atoms with E-state index in [1.54, 1.807) is 0 Å². The van der Waals surface area contributed by atoms with Crippen LogP contribution in [0.2, 0.25) is 6.04 Å². The molecular formula is C17H28O3Si. The molecule has 21 heavy (non-hydrogen) atoms. The first-order valence-electron chi connectivity index (χ1n) is 7.70. The first-order chi connectivity index (χ1) is 10.1. The summed E-state index contributed by atoms with van der Waals surface area (Å²) in [7, 11) is -2.35. The Kier molecular flexibility index (Phi) is 8.53. The van der Waals surface area contributed by atoms with Crippen LogP contribution in [0.15, 0.2) is 42.5 Å². The smallest absolute Gasteiger partial charge is 0.372 e. The predicted octanol–water partition coefficient (Wildman–Crippen LogP) is 3.39. The molecule has 0 aliphatic heterocycles. The van der Waals surface area contributed by atoms with Crippen molar-refractivity contribution in [2.24, 2.45) is 0 Å². The van der Waals surface area contributed by atoms with Gasteiger partial charge in [0.25, 0.3) is 0 Å². The van der Waals surface area contributed by atoms with Gasteiger partial charge in [0.05, 0.1) is 6.61 Å². The van der Waals surface area contributed by atoms with E-state index in [-0.39, 0.29) is 0 Å². The van der Waals surface area contributed by atoms with Gasteiger partial charge in [-0.2, -0.15) is 0 Å². The normalized spacial score (nSPS) is 11.6. The maximum atomic E-state index is 6.13. The molecule has 0 amide bonds. The molecule has 1 aromatic rings. The highest BCUT2D eigenvalue weighted by atomic mass is 28.4. The topological polar surface area (TPSA) is 27.7 Å². The molecule has 0 bridgehead atoms. The van der Waals surface area contributed by atoms with Gasteiger partial charge >= 0.3 is 8.56 Å². The molecule has 0 heterocycles. The molecule has 0 radical (unpaired) electrons.